The number of nitrogens with zero attached hydrogens (tertiary/aromatic N) is 2. The van der Waals surface area contributed by atoms with Crippen molar-refractivity contribution < 1.29 is 14.7 Å². The second-order valence-corrected chi connectivity index (χ2v) is 5.44. The molecule has 1 unspecified atom stereocenters. The first-order chi connectivity index (χ1) is 9.99. The van der Waals surface area contributed by atoms with E-state index in [0.29, 0.717) is 12.1 Å². The Morgan fingerprint density at radius 2 is 1.95 bits per heavy atom. The summed E-state index contributed by atoms with van der Waals surface area (Å²) in [6.45, 7) is 4.15. The number of amides is 2. The zero-order chi connectivity index (χ0) is 15.4. The van der Waals surface area contributed by atoms with Gasteiger partial charge in [0, 0.05) is 25.7 Å². The van der Waals surface area contributed by atoms with E-state index in [1.807, 2.05) is 20.0 Å². The summed E-state index contributed by atoms with van der Waals surface area (Å²) in [6, 6.07) is 7.45. The van der Waals surface area contributed by atoms with Crippen LogP contribution in [0.5, 0.6) is 0 Å². The first kappa shape index (κ1) is 15.3. The molecule has 0 bridgehead atoms. The molecular weight excluding hydrogens is 270 g/mol. The predicted octanol–water partition coefficient (Wildman–Crippen LogP) is 1.16. The molecule has 1 aromatic carbocycles. The molecule has 1 aromatic rings. The summed E-state index contributed by atoms with van der Waals surface area (Å²) in [5, 5.41) is 12.0. The van der Waals surface area contributed by atoms with E-state index in [1.165, 1.54) is 0 Å². The molecule has 6 nitrogen and oxygen atoms in total. The van der Waals surface area contributed by atoms with Crippen molar-refractivity contribution in [1.29, 1.82) is 0 Å². The Bertz CT molecular complexity index is 506. The van der Waals surface area contributed by atoms with E-state index in [-0.39, 0.29) is 12.1 Å². The van der Waals surface area contributed by atoms with Crippen LogP contribution in [0.4, 0.5) is 4.79 Å². The zero-order valence-electron chi connectivity index (χ0n) is 12.3. The molecular formula is C15H21N3O3. The summed E-state index contributed by atoms with van der Waals surface area (Å²) in [5.74, 6) is -1.06. The third-order valence-electron chi connectivity index (χ3n) is 3.74. The van der Waals surface area contributed by atoms with E-state index in [1.54, 1.807) is 29.2 Å². The first-order valence-electron chi connectivity index (χ1n) is 7.02. The fourth-order valence-corrected chi connectivity index (χ4v) is 2.58. The zero-order valence-corrected chi connectivity index (χ0v) is 12.3. The number of benzene rings is 1. The second-order valence-electron chi connectivity index (χ2n) is 5.44. The van der Waals surface area contributed by atoms with Gasteiger partial charge < -0.3 is 20.2 Å². The molecule has 1 saturated heterocycles. The number of aliphatic carboxylic acids is 1. The average Bonchev–Trinajstić information content (AvgIpc) is 2.45. The molecule has 2 atom stereocenters. The van der Waals surface area contributed by atoms with Crippen molar-refractivity contribution >= 4 is 12.0 Å². The van der Waals surface area contributed by atoms with Crippen LogP contribution < -0.4 is 5.32 Å². The summed E-state index contributed by atoms with van der Waals surface area (Å²) < 4.78 is 0. The van der Waals surface area contributed by atoms with Crippen molar-refractivity contribution in [3.05, 3.63) is 35.9 Å². The number of carbonyl (C=O) groups excluding carboxylic acids is 1. The minimum absolute atomic E-state index is 0.0639. The Morgan fingerprint density at radius 1 is 1.29 bits per heavy atom. The predicted molar refractivity (Wildman–Crippen MR) is 79.0 cm³/mol. The van der Waals surface area contributed by atoms with Crippen LogP contribution in [0.3, 0.4) is 0 Å². The number of rotatable bonds is 3. The Balaban J connectivity index is 2.07. The van der Waals surface area contributed by atoms with E-state index in [2.05, 4.69) is 10.2 Å². The maximum Gasteiger partial charge on any atom is 0.330 e. The van der Waals surface area contributed by atoms with Gasteiger partial charge >= 0.3 is 12.0 Å². The largest absolute Gasteiger partial charge is 0.479 e. The third-order valence-corrected chi connectivity index (χ3v) is 3.74. The summed E-state index contributed by atoms with van der Waals surface area (Å²) >= 11 is 0. The fraction of sp³-hybridized carbons (Fsp3) is 0.467. The van der Waals surface area contributed by atoms with Crippen LogP contribution in [0.2, 0.25) is 0 Å². The van der Waals surface area contributed by atoms with E-state index in [0.717, 1.165) is 13.1 Å². The monoisotopic (exact) mass is 291 g/mol. The van der Waals surface area contributed by atoms with E-state index in [4.69, 9.17) is 0 Å². The number of carbonyl (C=O) groups is 2. The molecule has 1 aliphatic heterocycles. The van der Waals surface area contributed by atoms with Crippen molar-refractivity contribution in [2.45, 2.75) is 19.0 Å². The van der Waals surface area contributed by atoms with Crippen LogP contribution in [-0.4, -0.2) is 59.6 Å². The van der Waals surface area contributed by atoms with Gasteiger partial charge in [0.15, 0.2) is 6.04 Å². The number of carboxylic acids is 1. The Hall–Kier alpha value is -2.08. The highest BCUT2D eigenvalue weighted by atomic mass is 16.4. The fourth-order valence-electron chi connectivity index (χ4n) is 2.58. The molecule has 1 fully saturated rings. The standard InChI is InChI=1S/C15H21N3O3/c1-11-10-17(2)8-9-18(11)15(21)16-13(14(19)20)12-6-4-3-5-7-12/h3-7,11,13H,8-10H2,1-2H3,(H,16,21)(H,19,20)/t11?,13-/m0/s1. The summed E-state index contributed by atoms with van der Waals surface area (Å²) in [4.78, 5) is 27.6. The van der Waals surface area contributed by atoms with Gasteiger partial charge in [-0.25, -0.2) is 9.59 Å². The molecule has 0 saturated carbocycles. The molecule has 1 aliphatic rings. The molecule has 0 aliphatic carbocycles. The molecule has 0 aromatic heterocycles. The van der Waals surface area contributed by atoms with Crippen LogP contribution in [0, 0.1) is 0 Å². The van der Waals surface area contributed by atoms with Crippen molar-refractivity contribution in [1.82, 2.24) is 15.1 Å². The molecule has 0 spiro atoms. The number of piperazine rings is 1. The van der Waals surface area contributed by atoms with Gasteiger partial charge in [-0.3, -0.25) is 0 Å². The van der Waals surface area contributed by atoms with E-state index >= 15 is 0 Å². The van der Waals surface area contributed by atoms with Gasteiger partial charge in [0.05, 0.1) is 0 Å². The Kier molecular flexibility index (Phi) is 4.80. The van der Waals surface area contributed by atoms with Crippen LogP contribution in [0.15, 0.2) is 30.3 Å². The molecule has 21 heavy (non-hydrogen) atoms. The van der Waals surface area contributed by atoms with Crippen molar-refractivity contribution in [2.75, 3.05) is 26.7 Å². The van der Waals surface area contributed by atoms with Gasteiger partial charge in [-0.2, -0.15) is 0 Å². The van der Waals surface area contributed by atoms with Gasteiger partial charge in [-0.1, -0.05) is 30.3 Å². The second kappa shape index (κ2) is 6.58. The highest BCUT2D eigenvalue weighted by Gasteiger charge is 2.29. The Labute approximate surface area is 124 Å². The summed E-state index contributed by atoms with van der Waals surface area (Å²) in [5.41, 5.74) is 0.570. The maximum absolute atomic E-state index is 12.3. The lowest BCUT2D eigenvalue weighted by atomic mass is 10.1. The number of hydrogen-bond donors (Lipinski definition) is 2. The molecule has 6 heteroatoms. The van der Waals surface area contributed by atoms with Crippen LogP contribution in [0.25, 0.3) is 0 Å². The van der Waals surface area contributed by atoms with Crippen molar-refractivity contribution in [2.24, 2.45) is 0 Å². The normalized spacial score (nSPS) is 20.9. The van der Waals surface area contributed by atoms with Crippen LogP contribution >= 0.6 is 0 Å². The van der Waals surface area contributed by atoms with Gasteiger partial charge in [-0.05, 0) is 19.5 Å². The number of carboxylic acid groups (broad SMARTS) is 1. The van der Waals surface area contributed by atoms with Crippen molar-refractivity contribution in [3.8, 4) is 0 Å². The highest BCUT2D eigenvalue weighted by molar-refractivity contribution is 5.83. The van der Waals surface area contributed by atoms with E-state index < -0.39 is 12.0 Å². The molecule has 2 amide bonds. The van der Waals surface area contributed by atoms with Crippen LogP contribution in [0.1, 0.15) is 18.5 Å². The number of nitrogens with one attached hydrogen (secondary N) is 1. The highest BCUT2D eigenvalue weighted by Crippen LogP contribution is 2.15. The third kappa shape index (κ3) is 3.72. The minimum atomic E-state index is -1.06. The number of urea groups is 1. The van der Waals surface area contributed by atoms with Gasteiger partial charge in [0.2, 0.25) is 0 Å². The first-order valence-corrected chi connectivity index (χ1v) is 7.02. The topological polar surface area (TPSA) is 72.9 Å². The molecule has 2 rings (SSSR count). The van der Waals surface area contributed by atoms with Gasteiger partial charge in [0.1, 0.15) is 0 Å². The van der Waals surface area contributed by atoms with Gasteiger partial charge in [-0.15, -0.1) is 0 Å². The van der Waals surface area contributed by atoms with Crippen molar-refractivity contribution in [3.63, 3.8) is 0 Å². The molecule has 0 radical (unpaired) electrons. The van der Waals surface area contributed by atoms with Gasteiger partial charge in [0.25, 0.3) is 0 Å². The van der Waals surface area contributed by atoms with Crippen LogP contribution in [-0.2, 0) is 4.79 Å². The summed E-state index contributed by atoms with van der Waals surface area (Å²) in [7, 11) is 2.01. The summed E-state index contributed by atoms with van der Waals surface area (Å²) in [6.07, 6.45) is 0. The number of hydrogen-bond acceptors (Lipinski definition) is 3. The quantitative estimate of drug-likeness (QED) is 0.876. The smallest absolute Gasteiger partial charge is 0.330 e. The van der Waals surface area contributed by atoms with E-state index in [9.17, 15) is 14.7 Å². The SMILES string of the molecule is CC1CN(C)CCN1C(=O)N[C@H](C(=O)O)c1ccccc1. The minimum Gasteiger partial charge on any atom is -0.479 e. The molecule has 114 valence electrons. The molecule has 2 N–H and O–H groups in total. The maximum atomic E-state index is 12.3. The lowest BCUT2D eigenvalue weighted by Gasteiger charge is -2.38. The number of likely N-dealkylation sites (N-methyl/N-ethyl adjacent to an activating group) is 1. The average molecular weight is 291 g/mol. The molecule has 1 heterocycles. The lowest BCUT2D eigenvalue weighted by Crippen LogP contribution is -2.56. The Morgan fingerprint density at radius 3 is 2.52 bits per heavy atom. The lowest BCUT2D eigenvalue weighted by molar-refractivity contribution is -0.139.